The molecule has 2 aromatic rings. The van der Waals surface area contributed by atoms with Crippen LogP contribution in [0, 0.1) is 0 Å². The first-order chi connectivity index (χ1) is 10.5. The fourth-order valence-corrected chi connectivity index (χ4v) is 2.36. The Morgan fingerprint density at radius 3 is 2.36 bits per heavy atom. The molecule has 0 fully saturated rings. The minimum atomic E-state index is -0.755. The van der Waals surface area contributed by atoms with Gasteiger partial charge < -0.3 is 11.1 Å². The maximum absolute atomic E-state index is 12.0. The van der Waals surface area contributed by atoms with Gasteiger partial charge in [0, 0.05) is 11.4 Å². The fraction of sp³-hybridized carbons (Fsp3) is 0.176. The van der Waals surface area contributed by atoms with E-state index in [2.05, 4.69) is 5.32 Å². The van der Waals surface area contributed by atoms with Gasteiger partial charge in [0.05, 0.1) is 6.42 Å². The first-order valence-electron chi connectivity index (χ1n) is 6.91. The zero-order chi connectivity index (χ0) is 15.9. The number of hydrogen-bond donors (Lipinski definition) is 2. The van der Waals surface area contributed by atoms with Gasteiger partial charge in [0.25, 0.3) is 0 Å². The van der Waals surface area contributed by atoms with E-state index >= 15 is 0 Å². The van der Waals surface area contributed by atoms with Gasteiger partial charge in [0.15, 0.2) is 0 Å². The summed E-state index contributed by atoms with van der Waals surface area (Å²) >= 11 is 5.92. The average Bonchev–Trinajstić information content (AvgIpc) is 2.47. The van der Waals surface area contributed by atoms with Crippen molar-refractivity contribution in [3.05, 3.63) is 70.7 Å². The van der Waals surface area contributed by atoms with Crippen molar-refractivity contribution >= 4 is 23.4 Å². The van der Waals surface area contributed by atoms with Crippen molar-refractivity contribution in [1.29, 1.82) is 0 Å². The van der Waals surface area contributed by atoms with E-state index in [0.29, 0.717) is 11.4 Å². The lowest BCUT2D eigenvalue weighted by molar-refractivity contribution is -0.127. The van der Waals surface area contributed by atoms with E-state index in [1.165, 1.54) is 0 Å². The monoisotopic (exact) mass is 316 g/mol. The first-order valence-corrected chi connectivity index (χ1v) is 7.29. The number of halogens is 1. The molecule has 0 aliphatic heterocycles. The Bertz CT molecular complexity index is 659. The number of hydrogen-bond acceptors (Lipinski definition) is 2. The molecule has 0 aliphatic carbocycles. The summed E-state index contributed by atoms with van der Waals surface area (Å²) in [5.41, 5.74) is 7.10. The van der Waals surface area contributed by atoms with Gasteiger partial charge in [-0.3, -0.25) is 9.59 Å². The zero-order valence-electron chi connectivity index (χ0n) is 12.0. The number of nitrogens with two attached hydrogens (primary N) is 1. The summed E-state index contributed by atoms with van der Waals surface area (Å²) in [6.07, 6.45) is 0.524. The Hall–Kier alpha value is -2.33. The topological polar surface area (TPSA) is 72.2 Å². The van der Waals surface area contributed by atoms with Gasteiger partial charge in [0.2, 0.25) is 11.8 Å². The molecular formula is C17H17ClN2O2. The average molecular weight is 317 g/mol. The van der Waals surface area contributed by atoms with Crippen molar-refractivity contribution < 1.29 is 9.59 Å². The van der Waals surface area contributed by atoms with Crippen molar-refractivity contribution in [3.63, 3.8) is 0 Å². The SMILES string of the molecule is NC(=O)[C@H](Cc1cccc(Cl)c1)NC(=O)Cc1ccccc1. The van der Waals surface area contributed by atoms with Crippen LogP contribution in [0.5, 0.6) is 0 Å². The van der Waals surface area contributed by atoms with Crippen molar-refractivity contribution in [1.82, 2.24) is 5.32 Å². The zero-order valence-corrected chi connectivity index (χ0v) is 12.7. The third-order valence-corrected chi connectivity index (χ3v) is 3.45. The first kappa shape index (κ1) is 16.0. The van der Waals surface area contributed by atoms with E-state index in [-0.39, 0.29) is 12.3 Å². The molecule has 0 unspecified atom stereocenters. The third-order valence-electron chi connectivity index (χ3n) is 3.22. The van der Waals surface area contributed by atoms with E-state index in [1.807, 2.05) is 36.4 Å². The highest BCUT2D eigenvalue weighted by Gasteiger charge is 2.18. The summed E-state index contributed by atoms with van der Waals surface area (Å²) in [7, 11) is 0. The highest BCUT2D eigenvalue weighted by molar-refractivity contribution is 6.30. The largest absolute Gasteiger partial charge is 0.368 e. The highest BCUT2D eigenvalue weighted by Crippen LogP contribution is 2.12. The number of amides is 2. The summed E-state index contributed by atoms with van der Waals surface area (Å²) in [6.45, 7) is 0. The second-order valence-corrected chi connectivity index (χ2v) is 5.46. The Morgan fingerprint density at radius 1 is 1.05 bits per heavy atom. The Morgan fingerprint density at radius 2 is 1.73 bits per heavy atom. The quantitative estimate of drug-likeness (QED) is 0.856. The second kappa shape index (κ2) is 7.61. The lowest BCUT2D eigenvalue weighted by Gasteiger charge is -2.16. The van der Waals surface area contributed by atoms with E-state index in [1.54, 1.807) is 18.2 Å². The van der Waals surface area contributed by atoms with Crippen LogP contribution in [0.3, 0.4) is 0 Å². The molecule has 0 saturated carbocycles. The van der Waals surface area contributed by atoms with Gasteiger partial charge >= 0.3 is 0 Å². The molecule has 0 saturated heterocycles. The minimum absolute atomic E-state index is 0.208. The van der Waals surface area contributed by atoms with Crippen LogP contribution in [0.1, 0.15) is 11.1 Å². The van der Waals surface area contributed by atoms with Crippen molar-refractivity contribution in [2.75, 3.05) is 0 Å². The van der Waals surface area contributed by atoms with Crippen LogP contribution in [0.25, 0.3) is 0 Å². The standard InChI is InChI=1S/C17H17ClN2O2/c18-14-8-4-7-13(9-14)10-15(17(19)22)20-16(21)11-12-5-2-1-3-6-12/h1-9,15H,10-11H2,(H2,19,22)(H,20,21)/t15-/m0/s1. The second-order valence-electron chi connectivity index (χ2n) is 5.02. The van der Waals surface area contributed by atoms with Gasteiger partial charge in [0.1, 0.15) is 6.04 Å². The smallest absolute Gasteiger partial charge is 0.240 e. The molecule has 0 bridgehead atoms. The molecule has 0 aromatic heterocycles. The molecule has 0 aliphatic rings. The van der Waals surface area contributed by atoms with Crippen LogP contribution in [0.4, 0.5) is 0 Å². The number of nitrogens with one attached hydrogen (secondary N) is 1. The number of rotatable bonds is 6. The molecule has 0 radical (unpaired) electrons. The van der Waals surface area contributed by atoms with Crippen molar-refractivity contribution in [2.24, 2.45) is 5.73 Å². The fourth-order valence-electron chi connectivity index (χ4n) is 2.15. The third kappa shape index (κ3) is 4.90. The molecular weight excluding hydrogens is 300 g/mol. The van der Waals surface area contributed by atoms with E-state index < -0.39 is 11.9 Å². The lowest BCUT2D eigenvalue weighted by atomic mass is 10.0. The molecule has 1 atom stereocenters. The molecule has 2 amide bonds. The molecule has 2 aromatic carbocycles. The Labute approximate surface area is 134 Å². The predicted molar refractivity (Wildman–Crippen MR) is 86.4 cm³/mol. The van der Waals surface area contributed by atoms with Crippen LogP contribution in [0.15, 0.2) is 54.6 Å². The maximum atomic E-state index is 12.0. The number of carbonyl (C=O) groups is 2. The van der Waals surface area contributed by atoms with Crippen LogP contribution < -0.4 is 11.1 Å². The summed E-state index contributed by atoms with van der Waals surface area (Å²) in [5.74, 6) is -0.807. The van der Waals surface area contributed by atoms with E-state index in [0.717, 1.165) is 11.1 Å². The molecule has 2 rings (SSSR count). The summed E-state index contributed by atoms with van der Waals surface area (Å²) in [5, 5.41) is 3.26. The molecule has 0 spiro atoms. The minimum Gasteiger partial charge on any atom is -0.368 e. The van der Waals surface area contributed by atoms with Crippen molar-refractivity contribution in [3.8, 4) is 0 Å². The maximum Gasteiger partial charge on any atom is 0.240 e. The Kier molecular flexibility index (Phi) is 5.55. The van der Waals surface area contributed by atoms with Crippen molar-refractivity contribution in [2.45, 2.75) is 18.9 Å². The lowest BCUT2D eigenvalue weighted by Crippen LogP contribution is -2.46. The molecule has 3 N–H and O–H groups in total. The predicted octanol–water partition coefficient (Wildman–Crippen LogP) is 2.10. The molecule has 4 nitrogen and oxygen atoms in total. The molecule has 0 heterocycles. The number of primary amides is 1. The molecule has 114 valence electrons. The van der Waals surface area contributed by atoms with Gasteiger partial charge in [-0.15, -0.1) is 0 Å². The van der Waals surface area contributed by atoms with Crippen LogP contribution in [-0.4, -0.2) is 17.9 Å². The summed E-state index contributed by atoms with van der Waals surface area (Å²) in [4.78, 5) is 23.6. The molecule has 5 heteroatoms. The van der Waals surface area contributed by atoms with E-state index in [9.17, 15) is 9.59 Å². The van der Waals surface area contributed by atoms with Crippen LogP contribution >= 0.6 is 11.6 Å². The van der Waals surface area contributed by atoms with Gasteiger partial charge in [-0.05, 0) is 23.3 Å². The van der Waals surface area contributed by atoms with Gasteiger partial charge in [-0.25, -0.2) is 0 Å². The van der Waals surface area contributed by atoms with Crippen LogP contribution in [0.2, 0.25) is 5.02 Å². The number of carbonyl (C=O) groups excluding carboxylic acids is 2. The normalized spacial score (nSPS) is 11.7. The summed E-state index contributed by atoms with van der Waals surface area (Å²) in [6, 6.07) is 15.7. The van der Waals surface area contributed by atoms with E-state index in [4.69, 9.17) is 17.3 Å². The van der Waals surface area contributed by atoms with Gasteiger partial charge in [-0.1, -0.05) is 54.1 Å². The summed E-state index contributed by atoms with van der Waals surface area (Å²) < 4.78 is 0. The molecule has 22 heavy (non-hydrogen) atoms. The highest BCUT2D eigenvalue weighted by atomic mass is 35.5. The Balaban J connectivity index is 1.99. The van der Waals surface area contributed by atoms with Crippen LogP contribution in [-0.2, 0) is 22.4 Å². The van der Waals surface area contributed by atoms with Gasteiger partial charge in [-0.2, -0.15) is 0 Å². The number of benzene rings is 2.